The summed E-state index contributed by atoms with van der Waals surface area (Å²) in [5, 5.41) is 8.76. The average Bonchev–Trinajstić information content (AvgIpc) is 1.64. The van der Waals surface area contributed by atoms with Crippen LogP contribution in [0.3, 0.4) is 0 Å². The quantitative estimate of drug-likeness (QED) is 0.762. The second kappa shape index (κ2) is 6.16. The summed E-state index contributed by atoms with van der Waals surface area (Å²) in [6.45, 7) is 13.0. The van der Waals surface area contributed by atoms with E-state index in [-0.39, 0.29) is 62.1 Å². The van der Waals surface area contributed by atoms with Gasteiger partial charge in [0.2, 0.25) is 0 Å². The van der Waals surface area contributed by atoms with Gasteiger partial charge in [0.25, 0.3) is 0 Å². The molecular formula is C8H16OVY-2. The molecule has 64 valence electrons. The van der Waals surface area contributed by atoms with E-state index in [1.807, 2.05) is 27.7 Å². The summed E-state index contributed by atoms with van der Waals surface area (Å²) in [5.74, 6) is 0. The molecule has 1 N–H and O–H groups in total. The smallest absolute Gasteiger partial charge is 0 e. The first-order chi connectivity index (χ1) is 3.81. The predicted molar refractivity (Wildman–Crippen MR) is 39.2 cm³/mol. The zero-order valence-electron chi connectivity index (χ0n) is 7.76. The summed E-state index contributed by atoms with van der Waals surface area (Å²) < 4.78 is 0. The van der Waals surface area contributed by atoms with Crippen molar-refractivity contribution in [3.63, 3.8) is 0 Å². The van der Waals surface area contributed by atoms with Crippen LogP contribution in [0.5, 0.6) is 0 Å². The molecule has 0 atom stereocenters. The molecule has 0 saturated heterocycles. The summed E-state index contributed by atoms with van der Waals surface area (Å²) in [6.07, 6.45) is 0. The fourth-order valence-corrected chi connectivity index (χ4v) is 0.175. The van der Waals surface area contributed by atoms with Crippen LogP contribution in [0.25, 0.3) is 0 Å². The molecule has 0 aliphatic rings. The molecule has 0 saturated carbocycles. The van der Waals surface area contributed by atoms with Gasteiger partial charge in [-0.15, -0.1) is 0 Å². The van der Waals surface area contributed by atoms with Crippen LogP contribution in [0.15, 0.2) is 0 Å². The molecule has 0 aliphatic heterocycles. The van der Waals surface area contributed by atoms with Crippen molar-refractivity contribution in [1.29, 1.82) is 0 Å². The Kier molecular flexibility index (Phi) is 10.3. The molecular weight excluding hydrogens is 252 g/mol. The van der Waals surface area contributed by atoms with Crippen molar-refractivity contribution in [2.24, 2.45) is 10.8 Å². The van der Waals surface area contributed by atoms with Crippen molar-refractivity contribution in [1.82, 2.24) is 0 Å². The van der Waals surface area contributed by atoms with E-state index >= 15 is 0 Å². The standard InChI is InChI=1S/C8H16O.V.Y/c1-7(2,3)8(4,5)6-9;;/h6,9H,1H2,2-5H3;;/q-2;;. The Morgan fingerprint density at radius 2 is 1.45 bits per heavy atom. The predicted octanol–water partition coefficient (Wildman–Crippen LogP) is 2.40. The van der Waals surface area contributed by atoms with Crippen LogP contribution in [-0.2, 0) is 51.3 Å². The summed E-state index contributed by atoms with van der Waals surface area (Å²) in [7, 11) is 0. The first kappa shape index (κ1) is 18.4. The fourth-order valence-electron chi connectivity index (χ4n) is 0.175. The second-order valence-electron chi connectivity index (χ2n) is 3.73. The molecule has 0 aromatic rings. The fraction of sp³-hybridized carbons (Fsp3) is 0.750. The third-order valence-corrected chi connectivity index (χ3v) is 2.07. The van der Waals surface area contributed by atoms with Gasteiger partial charge in [-0.25, -0.2) is 6.61 Å². The number of hydrogen-bond donors (Lipinski definition) is 1. The van der Waals surface area contributed by atoms with Crippen molar-refractivity contribution in [3.05, 3.63) is 13.5 Å². The molecule has 0 aromatic carbocycles. The van der Waals surface area contributed by atoms with Crippen molar-refractivity contribution < 1.29 is 56.4 Å². The summed E-state index contributed by atoms with van der Waals surface area (Å²) >= 11 is 0. The Bertz CT molecular complexity index is 96.8. The van der Waals surface area contributed by atoms with Gasteiger partial charge in [0.05, 0.1) is 0 Å². The van der Waals surface area contributed by atoms with Gasteiger partial charge < -0.3 is 12.0 Å². The third-order valence-electron chi connectivity index (χ3n) is 2.07. The van der Waals surface area contributed by atoms with E-state index in [1.165, 1.54) is 6.61 Å². The molecule has 0 bridgehead atoms. The Balaban J connectivity index is -0.000000320. The maximum atomic E-state index is 8.76. The molecule has 1 nitrogen and oxygen atoms in total. The van der Waals surface area contributed by atoms with Gasteiger partial charge in [-0.3, -0.25) is 0 Å². The maximum absolute atomic E-state index is 8.76. The zero-order chi connectivity index (χ0) is 7.71. The minimum absolute atomic E-state index is 0. The van der Waals surface area contributed by atoms with Gasteiger partial charge in [-0.05, 0) is 0 Å². The second-order valence-corrected chi connectivity index (χ2v) is 3.73. The molecule has 0 fully saturated rings. The molecule has 0 rings (SSSR count). The van der Waals surface area contributed by atoms with Gasteiger partial charge in [-0.1, -0.05) is 27.7 Å². The number of aliphatic hydroxyl groups excluding tert-OH is 1. The molecule has 0 aromatic heterocycles. The third kappa shape index (κ3) is 5.82. The van der Waals surface area contributed by atoms with Crippen LogP contribution in [0.1, 0.15) is 27.7 Å². The minimum atomic E-state index is -0.201. The summed E-state index contributed by atoms with van der Waals surface area (Å²) in [6, 6.07) is 0. The van der Waals surface area contributed by atoms with E-state index in [4.69, 9.17) is 5.11 Å². The van der Waals surface area contributed by atoms with Crippen molar-refractivity contribution in [3.8, 4) is 0 Å². The number of hydrogen-bond acceptors (Lipinski definition) is 1. The van der Waals surface area contributed by atoms with Crippen LogP contribution < -0.4 is 0 Å². The monoisotopic (exact) mass is 268 g/mol. The van der Waals surface area contributed by atoms with Crippen LogP contribution in [0.4, 0.5) is 0 Å². The Hall–Kier alpha value is 1.65. The van der Waals surface area contributed by atoms with E-state index in [1.54, 1.807) is 0 Å². The zero-order valence-corrected chi connectivity index (χ0v) is 12.0. The largest absolute Gasteiger partial charge is 0.565 e. The van der Waals surface area contributed by atoms with Crippen LogP contribution in [0.2, 0.25) is 0 Å². The van der Waals surface area contributed by atoms with Gasteiger partial charge in [0, 0.05) is 51.3 Å². The molecule has 2 radical (unpaired) electrons. The van der Waals surface area contributed by atoms with Crippen molar-refractivity contribution in [2.45, 2.75) is 27.7 Å². The van der Waals surface area contributed by atoms with Crippen LogP contribution in [0, 0.1) is 24.4 Å². The maximum Gasteiger partial charge on any atom is 0 e. The molecule has 0 spiro atoms. The van der Waals surface area contributed by atoms with Gasteiger partial charge in [0.15, 0.2) is 0 Å². The molecule has 0 amide bonds. The van der Waals surface area contributed by atoms with Gasteiger partial charge in [0.1, 0.15) is 0 Å². The Morgan fingerprint density at radius 3 is 1.45 bits per heavy atom. The van der Waals surface area contributed by atoms with E-state index in [2.05, 4.69) is 6.92 Å². The van der Waals surface area contributed by atoms with Crippen LogP contribution >= 0.6 is 0 Å². The molecule has 0 heterocycles. The number of rotatable bonds is 2. The number of aliphatic hydroxyl groups is 1. The molecule has 3 heteroatoms. The van der Waals surface area contributed by atoms with Crippen molar-refractivity contribution >= 4 is 0 Å². The van der Waals surface area contributed by atoms with Gasteiger partial charge >= 0.3 is 0 Å². The molecule has 0 aliphatic carbocycles. The van der Waals surface area contributed by atoms with E-state index in [9.17, 15) is 0 Å². The minimum Gasteiger partial charge on any atom is -0.565 e. The molecule has 11 heavy (non-hydrogen) atoms. The Labute approximate surface area is 107 Å². The topological polar surface area (TPSA) is 20.2 Å². The van der Waals surface area contributed by atoms with Gasteiger partial charge in [-0.2, -0.15) is 10.8 Å². The van der Waals surface area contributed by atoms with E-state index in [0.717, 1.165) is 0 Å². The van der Waals surface area contributed by atoms with Crippen molar-refractivity contribution in [2.75, 3.05) is 0 Å². The Morgan fingerprint density at radius 1 is 1.18 bits per heavy atom. The normalized spacial score (nSPS) is 11.5. The van der Waals surface area contributed by atoms with Crippen LogP contribution in [-0.4, -0.2) is 5.11 Å². The SMILES string of the molecule is [CH2-]C(C)(C)C(C)(C)[CH-]O.[V].[Y]. The first-order valence-corrected chi connectivity index (χ1v) is 3.15. The van der Waals surface area contributed by atoms with E-state index in [0.29, 0.717) is 0 Å². The summed E-state index contributed by atoms with van der Waals surface area (Å²) in [4.78, 5) is 0. The van der Waals surface area contributed by atoms with E-state index < -0.39 is 0 Å². The first-order valence-electron chi connectivity index (χ1n) is 3.15. The average molecular weight is 268 g/mol. The molecule has 0 unspecified atom stereocenters. The summed E-state index contributed by atoms with van der Waals surface area (Å²) in [5.41, 5.74) is -0.311.